The van der Waals surface area contributed by atoms with Crippen LogP contribution in [0.15, 0.2) is 60.8 Å². The van der Waals surface area contributed by atoms with Crippen molar-refractivity contribution in [1.29, 1.82) is 0 Å². The molecule has 3 heterocycles. The van der Waals surface area contributed by atoms with Crippen molar-refractivity contribution in [2.75, 3.05) is 59.1 Å². The topological polar surface area (TPSA) is 88.7 Å². The maximum absolute atomic E-state index is 13.3. The van der Waals surface area contributed by atoms with Crippen molar-refractivity contribution in [2.24, 2.45) is 0 Å². The minimum absolute atomic E-state index is 0.272. The van der Waals surface area contributed by atoms with Crippen molar-refractivity contribution in [3.05, 3.63) is 60.8 Å². The van der Waals surface area contributed by atoms with Gasteiger partial charge >= 0.3 is 0 Å². The standard InChI is InChI=1S/C30H37N4O4P/c1-34-16-13-23(14-17-34)38-22-10-8-21(9-11-22)27-20-24-25(12-15-31-30(24)33-27)32-26-6-5-7-28(37-19-18-36-2)29(26)39(3,4)35/h5-12,15,20,23H,13-14,16-19H2,1-4H3,(H2,31,32,33). The van der Waals surface area contributed by atoms with Gasteiger partial charge in [0.05, 0.1) is 23.3 Å². The molecule has 206 valence electrons. The quantitative estimate of drug-likeness (QED) is 0.194. The van der Waals surface area contributed by atoms with Crippen molar-refractivity contribution in [1.82, 2.24) is 14.9 Å². The molecule has 0 radical (unpaired) electrons. The van der Waals surface area contributed by atoms with E-state index in [0.29, 0.717) is 24.3 Å². The fraction of sp³-hybridized carbons (Fsp3) is 0.367. The molecule has 0 amide bonds. The molecule has 9 heteroatoms. The Morgan fingerprint density at radius 1 is 1.05 bits per heavy atom. The summed E-state index contributed by atoms with van der Waals surface area (Å²) in [7, 11) is 1.12. The molecular weight excluding hydrogens is 511 g/mol. The van der Waals surface area contributed by atoms with Crippen LogP contribution in [-0.4, -0.2) is 74.8 Å². The van der Waals surface area contributed by atoms with Crippen LogP contribution in [0.3, 0.4) is 0 Å². The van der Waals surface area contributed by atoms with Crippen LogP contribution in [0.1, 0.15) is 12.8 Å². The SMILES string of the molecule is COCCOc1cccc(Nc2ccnc3[nH]c(-c4ccc(OC5CCN(C)CC5)cc4)cc23)c1P(C)(C)=O. The molecule has 1 aliphatic rings. The van der Waals surface area contributed by atoms with Crippen LogP contribution in [0, 0.1) is 0 Å². The van der Waals surface area contributed by atoms with Gasteiger partial charge in [0, 0.05) is 37.5 Å². The summed E-state index contributed by atoms with van der Waals surface area (Å²) in [4.78, 5) is 10.3. The average Bonchev–Trinajstić information content (AvgIpc) is 3.36. The second-order valence-electron chi connectivity index (χ2n) is 10.4. The molecule has 0 aliphatic carbocycles. The first-order valence-corrected chi connectivity index (χ1v) is 15.9. The number of aromatic amines is 1. The van der Waals surface area contributed by atoms with Gasteiger partial charge in [-0.25, -0.2) is 4.98 Å². The first-order valence-electron chi connectivity index (χ1n) is 13.3. The minimum atomic E-state index is -2.67. The van der Waals surface area contributed by atoms with Crippen molar-refractivity contribution < 1.29 is 18.8 Å². The third-order valence-corrected chi connectivity index (χ3v) is 8.56. The van der Waals surface area contributed by atoms with E-state index >= 15 is 0 Å². The summed E-state index contributed by atoms with van der Waals surface area (Å²) in [6, 6.07) is 17.9. The minimum Gasteiger partial charge on any atom is -0.490 e. The van der Waals surface area contributed by atoms with Gasteiger partial charge in [-0.15, -0.1) is 0 Å². The molecular formula is C30H37N4O4P. The van der Waals surface area contributed by atoms with Gasteiger partial charge < -0.3 is 34.0 Å². The van der Waals surface area contributed by atoms with Crippen LogP contribution in [0.25, 0.3) is 22.3 Å². The van der Waals surface area contributed by atoms with Gasteiger partial charge in [-0.1, -0.05) is 6.07 Å². The number of pyridine rings is 1. The number of hydrogen-bond acceptors (Lipinski definition) is 7. The zero-order valence-electron chi connectivity index (χ0n) is 23.1. The van der Waals surface area contributed by atoms with Crippen molar-refractivity contribution in [2.45, 2.75) is 18.9 Å². The van der Waals surface area contributed by atoms with Crippen LogP contribution in [-0.2, 0) is 9.30 Å². The van der Waals surface area contributed by atoms with Crippen molar-refractivity contribution in [3.63, 3.8) is 0 Å². The van der Waals surface area contributed by atoms with Crippen LogP contribution in [0.5, 0.6) is 11.5 Å². The number of likely N-dealkylation sites (tertiary alicyclic amines) is 1. The number of benzene rings is 2. The number of nitrogens with zero attached hydrogens (tertiary/aromatic N) is 2. The molecule has 2 aromatic carbocycles. The van der Waals surface area contributed by atoms with Gasteiger partial charge in [-0.05, 0) is 87.3 Å². The Bertz CT molecular complexity index is 1460. The number of anilines is 2. The molecule has 4 aromatic rings. The zero-order valence-corrected chi connectivity index (χ0v) is 24.0. The molecule has 0 spiro atoms. The highest BCUT2D eigenvalue weighted by molar-refractivity contribution is 7.70. The molecule has 0 unspecified atom stereocenters. The van der Waals surface area contributed by atoms with Crippen LogP contribution in [0.4, 0.5) is 11.4 Å². The normalized spacial score (nSPS) is 15.0. The average molecular weight is 549 g/mol. The molecule has 8 nitrogen and oxygen atoms in total. The van der Waals surface area contributed by atoms with E-state index < -0.39 is 7.14 Å². The lowest BCUT2D eigenvalue weighted by atomic mass is 10.1. The van der Waals surface area contributed by atoms with E-state index in [1.165, 1.54) is 0 Å². The van der Waals surface area contributed by atoms with E-state index in [-0.39, 0.29) is 6.10 Å². The maximum atomic E-state index is 13.3. The van der Waals surface area contributed by atoms with Gasteiger partial charge in [-0.2, -0.15) is 0 Å². The Kier molecular flexibility index (Phi) is 8.26. The highest BCUT2D eigenvalue weighted by Gasteiger charge is 2.23. The monoisotopic (exact) mass is 548 g/mol. The summed E-state index contributed by atoms with van der Waals surface area (Å²) in [5, 5.41) is 5.13. The van der Waals surface area contributed by atoms with Gasteiger partial charge in [0.15, 0.2) is 0 Å². The van der Waals surface area contributed by atoms with Gasteiger partial charge in [-0.3, -0.25) is 0 Å². The van der Waals surface area contributed by atoms with Crippen LogP contribution in [0.2, 0.25) is 0 Å². The summed E-state index contributed by atoms with van der Waals surface area (Å²) in [6.45, 7) is 6.50. The number of fused-ring (bicyclic) bond motifs is 1. The number of hydrogen-bond donors (Lipinski definition) is 2. The van der Waals surface area contributed by atoms with Gasteiger partial charge in [0.1, 0.15) is 37.0 Å². The van der Waals surface area contributed by atoms with E-state index in [9.17, 15) is 4.57 Å². The van der Waals surface area contributed by atoms with E-state index in [0.717, 1.165) is 65.3 Å². The smallest absolute Gasteiger partial charge is 0.139 e. The Morgan fingerprint density at radius 3 is 2.54 bits per heavy atom. The molecule has 2 N–H and O–H groups in total. The summed E-state index contributed by atoms with van der Waals surface area (Å²) in [5.74, 6) is 1.50. The van der Waals surface area contributed by atoms with Crippen LogP contribution >= 0.6 is 7.14 Å². The number of rotatable bonds is 10. The molecule has 0 atom stereocenters. The Labute approximate surface area is 230 Å². The van der Waals surface area contributed by atoms with E-state index in [1.807, 2.05) is 36.4 Å². The van der Waals surface area contributed by atoms with Crippen molar-refractivity contribution in [3.8, 4) is 22.8 Å². The third-order valence-electron chi connectivity index (χ3n) is 7.02. The second kappa shape index (κ2) is 11.8. The molecule has 0 saturated carbocycles. The Morgan fingerprint density at radius 2 is 1.82 bits per heavy atom. The number of ether oxygens (including phenoxy) is 3. The zero-order chi connectivity index (χ0) is 27.4. The lowest BCUT2D eigenvalue weighted by Crippen LogP contribution is -2.35. The fourth-order valence-corrected chi connectivity index (χ4v) is 6.36. The van der Waals surface area contributed by atoms with Crippen molar-refractivity contribution >= 4 is 34.9 Å². The molecule has 1 fully saturated rings. The number of H-pyrrole nitrogens is 1. The predicted molar refractivity (Wildman–Crippen MR) is 159 cm³/mol. The largest absolute Gasteiger partial charge is 0.490 e. The summed E-state index contributed by atoms with van der Waals surface area (Å²) < 4.78 is 30.6. The molecule has 2 aromatic heterocycles. The molecule has 1 aliphatic heterocycles. The van der Waals surface area contributed by atoms with Crippen LogP contribution < -0.4 is 20.1 Å². The number of aromatic nitrogens is 2. The Balaban J connectivity index is 1.39. The molecule has 0 bridgehead atoms. The molecule has 39 heavy (non-hydrogen) atoms. The summed E-state index contributed by atoms with van der Waals surface area (Å²) in [5.41, 5.74) is 4.41. The summed E-state index contributed by atoms with van der Waals surface area (Å²) in [6.07, 6.45) is 4.14. The number of nitrogens with one attached hydrogen (secondary N) is 2. The lowest BCUT2D eigenvalue weighted by molar-refractivity contribution is 0.114. The highest BCUT2D eigenvalue weighted by Crippen LogP contribution is 2.43. The summed E-state index contributed by atoms with van der Waals surface area (Å²) >= 11 is 0. The van der Waals surface area contributed by atoms with E-state index in [2.05, 4.69) is 45.4 Å². The molecule has 1 saturated heterocycles. The third kappa shape index (κ3) is 6.47. The Hall–Kier alpha value is -3.32. The predicted octanol–water partition coefficient (Wildman–Crippen LogP) is 5.72. The fourth-order valence-electron chi connectivity index (χ4n) is 4.97. The van der Waals surface area contributed by atoms with Gasteiger partial charge in [0.2, 0.25) is 0 Å². The second-order valence-corrected chi connectivity index (χ2v) is 13.6. The number of methoxy groups -OCH3 is 1. The first kappa shape index (κ1) is 27.3. The van der Waals surface area contributed by atoms with Gasteiger partial charge in [0.25, 0.3) is 0 Å². The highest BCUT2D eigenvalue weighted by atomic mass is 31.2. The lowest BCUT2D eigenvalue weighted by Gasteiger charge is -2.29. The first-order chi connectivity index (χ1) is 18.8. The number of piperidine rings is 1. The van der Waals surface area contributed by atoms with E-state index in [4.69, 9.17) is 14.2 Å². The molecule has 5 rings (SSSR count). The van der Waals surface area contributed by atoms with E-state index in [1.54, 1.807) is 26.6 Å². The maximum Gasteiger partial charge on any atom is 0.139 e.